The molecule has 2 unspecified atom stereocenters. The number of halogens is 3. The number of β-amino-alcohol motifs (C(OH)–C–C–N with tert-alkyl or cyclic N) is 1. The summed E-state index contributed by atoms with van der Waals surface area (Å²) < 4.78 is 1.04. The van der Waals surface area contributed by atoms with Gasteiger partial charge >= 0.3 is 6.03 Å². The molecule has 0 spiro atoms. The van der Waals surface area contributed by atoms with Gasteiger partial charge in [-0.15, -0.1) is 0 Å². The summed E-state index contributed by atoms with van der Waals surface area (Å²) in [7, 11) is 0. The number of anilines is 1. The highest BCUT2D eigenvalue weighted by molar-refractivity contribution is 9.10. The molecule has 25 heavy (non-hydrogen) atoms. The van der Waals surface area contributed by atoms with Crippen LogP contribution in [0.5, 0.6) is 0 Å². The first-order valence-electron chi connectivity index (χ1n) is 7.96. The van der Waals surface area contributed by atoms with Gasteiger partial charge in [0.05, 0.1) is 18.3 Å². The van der Waals surface area contributed by atoms with Crippen molar-refractivity contribution in [1.82, 2.24) is 4.90 Å². The van der Waals surface area contributed by atoms with Gasteiger partial charge in [-0.05, 0) is 54.3 Å². The number of aliphatic hydroxyl groups excluding tert-OH is 1. The van der Waals surface area contributed by atoms with Crippen molar-refractivity contribution in [3.63, 3.8) is 0 Å². The summed E-state index contributed by atoms with van der Waals surface area (Å²) >= 11 is 15.6. The van der Waals surface area contributed by atoms with E-state index in [1.807, 2.05) is 6.07 Å². The number of aliphatic hydroxyl groups is 1. The average molecular weight is 442 g/mol. The molecule has 2 aromatic rings. The molecule has 0 radical (unpaired) electrons. The second-order valence-corrected chi connectivity index (χ2v) is 8.10. The SMILES string of the molecule is O=C1N(C2CCc3cc(Br)ccc32)CC(O)N1c1cc(Cl)cc(Cl)c1. The third kappa shape index (κ3) is 3.04. The fourth-order valence-corrected chi connectivity index (χ4v) is 4.63. The third-order valence-electron chi connectivity index (χ3n) is 4.76. The molecule has 2 atom stereocenters. The first-order valence-corrected chi connectivity index (χ1v) is 9.51. The topological polar surface area (TPSA) is 43.8 Å². The monoisotopic (exact) mass is 440 g/mol. The summed E-state index contributed by atoms with van der Waals surface area (Å²) in [5, 5.41) is 11.3. The summed E-state index contributed by atoms with van der Waals surface area (Å²) in [6.45, 7) is 0.253. The minimum Gasteiger partial charge on any atom is -0.371 e. The number of nitrogens with zero attached hydrogens (tertiary/aromatic N) is 2. The van der Waals surface area contributed by atoms with E-state index in [0.29, 0.717) is 15.7 Å². The molecule has 2 aromatic carbocycles. The first kappa shape index (κ1) is 17.2. The lowest BCUT2D eigenvalue weighted by atomic mass is 10.1. The van der Waals surface area contributed by atoms with Crippen molar-refractivity contribution in [3.8, 4) is 0 Å². The van der Waals surface area contributed by atoms with E-state index in [1.54, 1.807) is 23.1 Å². The molecule has 130 valence electrons. The van der Waals surface area contributed by atoms with Crippen molar-refractivity contribution in [2.75, 3.05) is 11.4 Å². The number of benzene rings is 2. The minimum atomic E-state index is -0.929. The van der Waals surface area contributed by atoms with Crippen LogP contribution in [-0.2, 0) is 6.42 Å². The van der Waals surface area contributed by atoms with Crippen molar-refractivity contribution in [2.24, 2.45) is 0 Å². The van der Waals surface area contributed by atoms with E-state index in [2.05, 4.69) is 28.1 Å². The number of aryl methyl sites for hydroxylation is 1. The second kappa shape index (κ2) is 6.47. The Morgan fingerprint density at radius 2 is 1.84 bits per heavy atom. The molecule has 0 bridgehead atoms. The van der Waals surface area contributed by atoms with Crippen LogP contribution in [0, 0.1) is 0 Å². The molecule has 4 nitrogen and oxygen atoms in total. The predicted octanol–water partition coefficient (Wildman–Crippen LogP) is 5.00. The van der Waals surface area contributed by atoms with Gasteiger partial charge in [-0.2, -0.15) is 0 Å². The fourth-order valence-electron chi connectivity index (χ4n) is 3.71. The number of amides is 2. The first-order chi connectivity index (χ1) is 11.9. The van der Waals surface area contributed by atoms with Crippen molar-refractivity contribution in [2.45, 2.75) is 25.1 Å². The van der Waals surface area contributed by atoms with Gasteiger partial charge in [0.1, 0.15) is 0 Å². The van der Waals surface area contributed by atoms with Gasteiger partial charge in [-0.1, -0.05) is 45.2 Å². The molecule has 1 aliphatic carbocycles. The van der Waals surface area contributed by atoms with Crippen molar-refractivity contribution >= 4 is 50.9 Å². The molecular weight excluding hydrogens is 427 g/mol. The van der Waals surface area contributed by atoms with Gasteiger partial charge in [-0.25, -0.2) is 4.79 Å². The lowest BCUT2D eigenvalue weighted by molar-refractivity contribution is 0.160. The van der Waals surface area contributed by atoms with Gasteiger partial charge in [0.2, 0.25) is 0 Å². The number of hydrogen-bond donors (Lipinski definition) is 1. The number of hydrogen-bond acceptors (Lipinski definition) is 2. The van der Waals surface area contributed by atoms with Crippen LogP contribution in [0.4, 0.5) is 10.5 Å². The number of carbonyl (C=O) groups excluding carboxylic acids is 1. The van der Waals surface area contributed by atoms with Crippen LogP contribution < -0.4 is 4.90 Å². The predicted molar refractivity (Wildman–Crippen MR) is 102 cm³/mol. The summed E-state index contributed by atoms with van der Waals surface area (Å²) in [5.41, 5.74) is 2.90. The molecule has 0 saturated carbocycles. The quantitative estimate of drug-likeness (QED) is 0.712. The van der Waals surface area contributed by atoms with Crippen LogP contribution in [0.2, 0.25) is 10.0 Å². The van der Waals surface area contributed by atoms with Gasteiger partial charge in [-0.3, -0.25) is 4.90 Å². The summed E-state index contributed by atoms with van der Waals surface area (Å²) in [6.07, 6.45) is 0.845. The number of fused-ring (bicyclic) bond motifs is 1. The van der Waals surface area contributed by atoms with E-state index in [1.165, 1.54) is 10.5 Å². The normalized spacial score (nSPS) is 22.6. The van der Waals surface area contributed by atoms with Crippen molar-refractivity contribution in [3.05, 3.63) is 62.0 Å². The molecule has 4 rings (SSSR count). The van der Waals surface area contributed by atoms with Gasteiger partial charge in [0.25, 0.3) is 0 Å². The lowest BCUT2D eigenvalue weighted by Gasteiger charge is -2.25. The highest BCUT2D eigenvalue weighted by Gasteiger charge is 2.43. The van der Waals surface area contributed by atoms with Crippen LogP contribution in [-0.4, -0.2) is 28.8 Å². The van der Waals surface area contributed by atoms with Crippen LogP contribution >= 0.6 is 39.1 Å². The maximum atomic E-state index is 13.0. The van der Waals surface area contributed by atoms with Crippen LogP contribution in [0.25, 0.3) is 0 Å². The Morgan fingerprint density at radius 3 is 2.56 bits per heavy atom. The Bertz CT molecular complexity index is 841. The molecular formula is C18H15BrCl2N2O2. The molecule has 1 fully saturated rings. The van der Waals surface area contributed by atoms with E-state index < -0.39 is 6.23 Å². The third-order valence-corrected chi connectivity index (χ3v) is 5.69. The van der Waals surface area contributed by atoms with Crippen LogP contribution in [0.3, 0.4) is 0 Å². The highest BCUT2D eigenvalue weighted by Crippen LogP contribution is 2.40. The molecule has 2 aliphatic rings. The fraction of sp³-hybridized carbons (Fsp3) is 0.278. The average Bonchev–Trinajstić information content (AvgIpc) is 3.06. The molecule has 1 aliphatic heterocycles. The van der Waals surface area contributed by atoms with Crippen molar-refractivity contribution in [1.29, 1.82) is 0 Å². The van der Waals surface area contributed by atoms with E-state index in [-0.39, 0.29) is 18.6 Å². The van der Waals surface area contributed by atoms with Crippen molar-refractivity contribution < 1.29 is 9.90 Å². The summed E-state index contributed by atoms with van der Waals surface area (Å²) in [4.78, 5) is 16.1. The molecule has 0 aromatic heterocycles. The van der Waals surface area contributed by atoms with Gasteiger partial charge < -0.3 is 10.0 Å². The number of carbonyl (C=O) groups is 1. The molecule has 1 N–H and O–H groups in total. The lowest BCUT2D eigenvalue weighted by Crippen LogP contribution is -2.35. The zero-order valence-corrected chi connectivity index (χ0v) is 16.2. The zero-order valence-electron chi connectivity index (χ0n) is 13.1. The van der Waals surface area contributed by atoms with Crippen LogP contribution in [0.1, 0.15) is 23.6 Å². The molecule has 2 amide bonds. The highest BCUT2D eigenvalue weighted by atomic mass is 79.9. The number of urea groups is 1. The Balaban J connectivity index is 1.65. The molecule has 7 heteroatoms. The van der Waals surface area contributed by atoms with E-state index in [9.17, 15) is 9.90 Å². The standard InChI is InChI=1S/C18H15BrCl2N2O2/c19-11-2-3-15-10(5-11)1-4-16(15)22-9-17(24)23(18(22)25)14-7-12(20)6-13(21)8-14/h2-3,5-8,16-17,24H,1,4,9H2. The second-order valence-electron chi connectivity index (χ2n) is 6.31. The maximum Gasteiger partial charge on any atom is 0.327 e. The van der Waals surface area contributed by atoms with Gasteiger partial charge in [0, 0.05) is 14.5 Å². The molecule has 1 saturated heterocycles. The maximum absolute atomic E-state index is 13.0. The summed E-state index contributed by atoms with van der Waals surface area (Å²) in [6, 6.07) is 10.8. The Kier molecular flexibility index (Phi) is 4.44. The minimum absolute atomic E-state index is 0.0232. The van der Waals surface area contributed by atoms with Crippen LogP contribution in [0.15, 0.2) is 40.9 Å². The Hall–Kier alpha value is -1.27. The smallest absolute Gasteiger partial charge is 0.327 e. The summed E-state index contributed by atoms with van der Waals surface area (Å²) in [5.74, 6) is 0. The largest absolute Gasteiger partial charge is 0.371 e. The Labute approximate surface area is 164 Å². The van der Waals surface area contributed by atoms with E-state index >= 15 is 0 Å². The Morgan fingerprint density at radius 1 is 1.12 bits per heavy atom. The van der Waals surface area contributed by atoms with Gasteiger partial charge in [0.15, 0.2) is 6.23 Å². The number of rotatable bonds is 2. The van der Waals surface area contributed by atoms with E-state index in [0.717, 1.165) is 22.9 Å². The molecule has 1 heterocycles. The zero-order chi connectivity index (χ0) is 17.7. The van der Waals surface area contributed by atoms with E-state index in [4.69, 9.17) is 23.2 Å².